The van der Waals surface area contributed by atoms with Gasteiger partial charge in [-0.3, -0.25) is 0 Å². The first-order valence-electron chi connectivity index (χ1n) is 5.75. The van der Waals surface area contributed by atoms with E-state index >= 15 is 0 Å². The predicted molar refractivity (Wildman–Crippen MR) is 67.0 cm³/mol. The van der Waals surface area contributed by atoms with E-state index in [0.717, 1.165) is 25.9 Å². The van der Waals surface area contributed by atoms with Gasteiger partial charge in [-0.2, -0.15) is 0 Å². The molecule has 92 valence electrons. The number of piperidine rings is 1. The number of carboxylic acids is 1. The van der Waals surface area contributed by atoms with Crippen molar-refractivity contribution in [3.05, 3.63) is 22.3 Å². The molecule has 1 aromatic rings. The van der Waals surface area contributed by atoms with E-state index in [9.17, 15) is 4.79 Å². The van der Waals surface area contributed by atoms with Crippen molar-refractivity contribution in [2.75, 3.05) is 18.0 Å². The molecular formula is C12H15ClN2O2. The van der Waals surface area contributed by atoms with Crippen molar-refractivity contribution < 1.29 is 9.90 Å². The molecule has 0 amide bonds. The molecular weight excluding hydrogens is 240 g/mol. The van der Waals surface area contributed by atoms with Gasteiger partial charge in [0.2, 0.25) is 0 Å². The minimum atomic E-state index is -0.984. The maximum absolute atomic E-state index is 10.9. The van der Waals surface area contributed by atoms with Gasteiger partial charge in [0, 0.05) is 13.1 Å². The Hall–Kier alpha value is -1.29. The van der Waals surface area contributed by atoms with E-state index in [2.05, 4.69) is 9.88 Å². The van der Waals surface area contributed by atoms with Gasteiger partial charge in [-0.1, -0.05) is 11.6 Å². The van der Waals surface area contributed by atoms with Crippen molar-refractivity contribution in [1.29, 1.82) is 0 Å². The monoisotopic (exact) mass is 254 g/mol. The van der Waals surface area contributed by atoms with Crippen molar-refractivity contribution in [1.82, 2.24) is 4.98 Å². The average Bonchev–Trinajstić information content (AvgIpc) is 2.32. The molecule has 1 fully saturated rings. The Labute approximate surface area is 105 Å². The van der Waals surface area contributed by atoms with Gasteiger partial charge in [0.1, 0.15) is 5.82 Å². The van der Waals surface area contributed by atoms with Crippen LogP contribution >= 0.6 is 11.6 Å². The molecule has 5 heteroatoms. The third-order valence-electron chi connectivity index (χ3n) is 3.03. The molecule has 17 heavy (non-hydrogen) atoms. The molecule has 0 unspecified atom stereocenters. The highest BCUT2D eigenvalue weighted by Crippen LogP contribution is 2.28. The van der Waals surface area contributed by atoms with E-state index < -0.39 is 5.97 Å². The number of pyridine rings is 1. The number of aromatic nitrogens is 1. The number of hydrogen-bond acceptors (Lipinski definition) is 3. The van der Waals surface area contributed by atoms with E-state index in [1.165, 1.54) is 12.5 Å². The number of rotatable bonds is 2. The van der Waals surface area contributed by atoms with Crippen LogP contribution in [0.15, 0.2) is 6.07 Å². The Morgan fingerprint density at radius 1 is 1.41 bits per heavy atom. The van der Waals surface area contributed by atoms with Gasteiger partial charge < -0.3 is 10.0 Å². The zero-order chi connectivity index (χ0) is 12.4. The van der Waals surface area contributed by atoms with Crippen LogP contribution in [0, 0.1) is 6.92 Å². The van der Waals surface area contributed by atoms with E-state index in [-0.39, 0.29) is 5.56 Å². The molecule has 0 saturated carbocycles. The molecule has 0 aromatic carbocycles. The molecule has 0 bridgehead atoms. The Kier molecular flexibility index (Phi) is 3.52. The third kappa shape index (κ3) is 2.52. The lowest BCUT2D eigenvalue weighted by Crippen LogP contribution is -2.30. The molecule has 0 aliphatic carbocycles. The predicted octanol–water partition coefficient (Wildman–Crippen LogP) is 2.73. The minimum absolute atomic E-state index is 0.177. The highest BCUT2D eigenvalue weighted by molar-refractivity contribution is 6.33. The smallest absolute Gasteiger partial charge is 0.337 e. The molecule has 1 N–H and O–H groups in total. The lowest BCUT2D eigenvalue weighted by Gasteiger charge is -2.28. The number of carboxylic acid groups (broad SMARTS) is 1. The van der Waals surface area contributed by atoms with Crippen molar-refractivity contribution in [2.45, 2.75) is 26.2 Å². The molecule has 0 radical (unpaired) electrons. The van der Waals surface area contributed by atoms with Crippen LogP contribution in [0.5, 0.6) is 0 Å². The van der Waals surface area contributed by atoms with Crippen molar-refractivity contribution in [3.8, 4) is 0 Å². The van der Waals surface area contributed by atoms with E-state index in [1.807, 2.05) is 0 Å². The summed E-state index contributed by atoms with van der Waals surface area (Å²) in [5, 5.41) is 9.40. The van der Waals surface area contributed by atoms with Crippen molar-refractivity contribution in [3.63, 3.8) is 0 Å². The van der Waals surface area contributed by atoms with Gasteiger partial charge in [0.15, 0.2) is 0 Å². The summed E-state index contributed by atoms with van der Waals surface area (Å²) in [5.74, 6) is -0.268. The largest absolute Gasteiger partial charge is 0.478 e. The summed E-state index contributed by atoms with van der Waals surface area (Å²) in [6, 6.07) is 1.50. The average molecular weight is 255 g/mol. The van der Waals surface area contributed by atoms with E-state index in [4.69, 9.17) is 16.7 Å². The zero-order valence-electron chi connectivity index (χ0n) is 9.74. The highest BCUT2D eigenvalue weighted by atomic mass is 35.5. The number of nitrogens with zero attached hydrogens (tertiary/aromatic N) is 2. The van der Waals surface area contributed by atoms with Crippen LogP contribution in [0.2, 0.25) is 5.02 Å². The molecule has 0 spiro atoms. The molecule has 4 nitrogen and oxygen atoms in total. The quantitative estimate of drug-likeness (QED) is 0.882. The second-order valence-corrected chi connectivity index (χ2v) is 4.69. The summed E-state index contributed by atoms with van der Waals surface area (Å²) < 4.78 is 0. The summed E-state index contributed by atoms with van der Waals surface area (Å²) in [7, 11) is 0. The fourth-order valence-electron chi connectivity index (χ4n) is 2.11. The third-order valence-corrected chi connectivity index (χ3v) is 3.31. The van der Waals surface area contributed by atoms with Crippen LogP contribution in [0.4, 0.5) is 5.82 Å². The van der Waals surface area contributed by atoms with Gasteiger partial charge in [-0.05, 0) is 32.3 Å². The molecule has 1 saturated heterocycles. The summed E-state index contributed by atoms with van der Waals surface area (Å²) >= 11 is 6.11. The number of anilines is 1. The Bertz CT molecular complexity index is 442. The van der Waals surface area contributed by atoms with Gasteiger partial charge in [-0.15, -0.1) is 0 Å². The van der Waals surface area contributed by atoms with E-state index in [0.29, 0.717) is 16.5 Å². The number of aromatic carboxylic acids is 1. The molecule has 1 aliphatic heterocycles. The van der Waals surface area contributed by atoms with Gasteiger partial charge in [0.25, 0.3) is 0 Å². The molecule has 1 aliphatic rings. The summed E-state index contributed by atoms with van der Waals surface area (Å²) in [6.07, 6.45) is 3.51. The molecule has 0 atom stereocenters. The van der Waals surface area contributed by atoms with Crippen LogP contribution in [0.25, 0.3) is 0 Å². The van der Waals surface area contributed by atoms with E-state index in [1.54, 1.807) is 6.92 Å². The summed E-state index contributed by atoms with van der Waals surface area (Å²) in [6.45, 7) is 3.59. The first kappa shape index (κ1) is 12.2. The minimum Gasteiger partial charge on any atom is -0.478 e. The number of carbonyl (C=O) groups is 1. The van der Waals surface area contributed by atoms with Crippen LogP contribution in [-0.4, -0.2) is 29.1 Å². The maximum atomic E-state index is 10.9. The van der Waals surface area contributed by atoms with Gasteiger partial charge in [0.05, 0.1) is 16.3 Å². The maximum Gasteiger partial charge on any atom is 0.337 e. The highest BCUT2D eigenvalue weighted by Gasteiger charge is 2.18. The summed E-state index contributed by atoms with van der Waals surface area (Å²) in [4.78, 5) is 17.4. The Balaban J connectivity index is 2.35. The second-order valence-electron chi connectivity index (χ2n) is 4.28. The first-order chi connectivity index (χ1) is 8.09. The van der Waals surface area contributed by atoms with Crippen LogP contribution in [0.3, 0.4) is 0 Å². The van der Waals surface area contributed by atoms with Crippen molar-refractivity contribution in [2.24, 2.45) is 0 Å². The molecule has 1 aromatic heterocycles. The fraction of sp³-hybridized carbons (Fsp3) is 0.500. The molecule has 2 rings (SSSR count). The van der Waals surface area contributed by atoms with Gasteiger partial charge >= 0.3 is 5.97 Å². The van der Waals surface area contributed by atoms with Crippen LogP contribution < -0.4 is 4.90 Å². The Morgan fingerprint density at radius 2 is 2.06 bits per heavy atom. The topological polar surface area (TPSA) is 53.4 Å². The lowest BCUT2D eigenvalue weighted by atomic mass is 10.1. The SMILES string of the molecule is Cc1nc(N2CCCCC2)c(Cl)cc1C(=O)O. The van der Waals surface area contributed by atoms with Gasteiger partial charge in [-0.25, -0.2) is 9.78 Å². The Morgan fingerprint density at radius 3 is 2.65 bits per heavy atom. The fourth-order valence-corrected chi connectivity index (χ4v) is 2.38. The lowest BCUT2D eigenvalue weighted by molar-refractivity contribution is 0.0695. The molecule has 2 heterocycles. The van der Waals surface area contributed by atoms with Crippen LogP contribution in [0.1, 0.15) is 35.3 Å². The van der Waals surface area contributed by atoms with Crippen LogP contribution in [-0.2, 0) is 0 Å². The second kappa shape index (κ2) is 4.92. The standard InChI is InChI=1S/C12H15ClN2O2/c1-8-9(12(16)17)7-10(13)11(14-8)15-5-3-2-4-6-15/h7H,2-6H2,1H3,(H,16,17). The van der Waals surface area contributed by atoms with Crippen molar-refractivity contribution >= 4 is 23.4 Å². The first-order valence-corrected chi connectivity index (χ1v) is 6.13. The zero-order valence-corrected chi connectivity index (χ0v) is 10.5. The number of halogens is 1. The summed E-state index contributed by atoms with van der Waals surface area (Å²) in [5.41, 5.74) is 0.693. The number of aryl methyl sites for hydroxylation is 1. The number of hydrogen-bond donors (Lipinski definition) is 1. The normalized spacial score (nSPS) is 16.0.